The molecule has 1 aromatic carbocycles. The number of carbonyl (C=O) groups is 2. The average molecular weight is 278 g/mol. The fraction of sp³-hybridized carbons (Fsp3) is 0.467. The van der Waals surface area contributed by atoms with Crippen molar-refractivity contribution in [1.29, 1.82) is 0 Å². The van der Waals surface area contributed by atoms with Gasteiger partial charge in [0.05, 0.1) is 6.42 Å². The third kappa shape index (κ3) is 6.89. The maximum Gasteiger partial charge on any atom is 0.307 e. The van der Waals surface area contributed by atoms with Crippen LogP contribution in [0.15, 0.2) is 24.3 Å². The third-order valence-corrected chi connectivity index (χ3v) is 2.69. The van der Waals surface area contributed by atoms with Crippen LogP contribution in [-0.4, -0.2) is 29.6 Å². The van der Waals surface area contributed by atoms with Gasteiger partial charge in [0.1, 0.15) is 0 Å². The fourth-order valence-electron chi connectivity index (χ4n) is 1.78. The Morgan fingerprint density at radius 3 is 2.30 bits per heavy atom. The summed E-state index contributed by atoms with van der Waals surface area (Å²) < 4.78 is 0. The molecule has 1 amide bonds. The molecule has 0 unspecified atom stereocenters. The summed E-state index contributed by atoms with van der Waals surface area (Å²) in [6.45, 7) is 5.16. The molecule has 0 spiro atoms. The summed E-state index contributed by atoms with van der Waals surface area (Å²) in [6.07, 6.45) is 0.498. The van der Waals surface area contributed by atoms with E-state index in [0.717, 1.165) is 11.1 Å². The lowest BCUT2D eigenvalue weighted by molar-refractivity contribution is -0.136. The first kappa shape index (κ1) is 16.2. The third-order valence-electron chi connectivity index (χ3n) is 2.69. The maximum absolute atomic E-state index is 11.4. The van der Waals surface area contributed by atoms with E-state index in [4.69, 9.17) is 5.11 Å². The molecular weight excluding hydrogens is 256 g/mol. The standard InChI is InChI=1S/C15H22N2O3/c1-11(2)17-14(18)7-8-16-10-13-5-3-12(4-6-13)9-15(19)20/h3-6,11,16H,7-10H2,1-2H3,(H,17,18)(H,19,20). The fourth-order valence-corrected chi connectivity index (χ4v) is 1.78. The van der Waals surface area contributed by atoms with E-state index < -0.39 is 5.97 Å². The van der Waals surface area contributed by atoms with Gasteiger partial charge in [-0.2, -0.15) is 0 Å². The molecule has 5 heteroatoms. The van der Waals surface area contributed by atoms with Crippen molar-refractivity contribution < 1.29 is 14.7 Å². The maximum atomic E-state index is 11.4. The van der Waals surface area contributed by atoms with Gasteiger partial charge in [-0.3, -0.25) is 9.59 Å². The Labute approximate surface area is 119 Å². The zero-order chi connectivity index (χ0) is 15.0. The van der Waals surface area contributed by atoms with E-state index in [2.05, 4.69) is 10.6 Å². The number of carboxylic acid groups (broad SMARTS) is 1. The number of nitrogens with one attached hydrogen (secondary N) is 2. The lowest BCUT2D eigenvalue weighted by Crippen LogP contribution is -2.32. The molecule has 0 heterocycles. The van der Waals surface area contributed by atoms with E-state index in [9.17, 15) is 9.59 Å². The molecule has 0 fully saturated rings. The molecule has 0 saturated carbocycles. The monoisotopic (exact) mass is 278 g/mol. The number of hydrogen-bond donors (Lipinski definition) is 3. The summed E-state index contributed by atoms with van der Waals surface area (Å²) in [5, 5.41) is 14.7. The number of carboxylic acids is 1. The highest BCUT2D eigenvalue weighted by atomic mass is 16.4. The smallest absolute Gasteiger partial charge is 0.307 e. The molecule has 0 bridgehead atoms. The largest absolute Gasteiger partial charge is 0.481 e. The van der Waals surface area contributed by atoms with Crippen molar-refractivity contribution in [3.8, 4) is 0 Å². The Balaban J connectivity index is 2.25. The summed E-state index contributed by atoms with van der Waals surface area (Å²) in [5.74, 6) is -0.781. The van der Waals surface area contributed by atoms with Gasteiger partial charge < -0.3 is 15.7 Å². The molecule has 0 aliphatic rings. The first-order valence-corrected chi connectivity index (χ1v) is 6.77. The van der Waals surface area contributed by atoms with Gasteiger partial charge in [0.2, 0.25) is 5.91 Å². The number of hydrogen-bond acceptors (Lipinski definition) is 3. The zero-order valence-electron chi connectivity index (χ0n) is 12.0. The van der Waals surface area contributed by atoms with E-state index in [1.54, 1.807) is 0 Å². The Morgan fingerprint density at radius 2 is 1.75 bits per heavy atom. The van der Waals surface area contributed by atoms with Gasteiger partial charge in [-0.25, -0.2) is 0 Å². The van der Waals surface area contributed by atoms with Crippen molar-refractivity contribution in [2.75, 3.05) is 6.54 Å². The molecule has 0 radical (unpaired) electrons. The zero-order valence-corrected chi connectivity index (χ0v) is 12.0. The highest BCUT2D eigenvalue weighted by molar-refractivity contribution is 5.76. The lowest BCUT2D eigenvalue weighted by atomic mass is 10.1. The molecule has 20 heavy (non-hydrogen) atoms. The summed E-state index contributed by atoms with van der Waals surface area (Å²) in [6, 6.07) is 7.61. The molecule has 1 rings (SSSR count). The quantitative estimate of drug-likeness (QED) is 0.627. The first-order valence-electron chi connectivity index (χ1n) is 6.77. The Bertz CT molecular complexity index is 441. The molecule has 3 N–H and O–H groups in total. The SMILES string of the molecule is CC(C)NC(=O)CCNCc1ccc(CC(=O)O)cc1. The van der Waals surface area contributed by atoms with Crippen molar-refractivity contribution in [2.45, 2.75) is 39.3 Å². The van der Waals surface area contributed by atoms with E-state index in [1.807, 2.05) is 38.1 Å². The second-order valence-corrected chi connectivity index (χ2v) is 5.04. The number of aliphatic carboxylic acids is 1. The van der Waals surface area contributed by atoms with Gasteiger partial charge in [0.25, 0.3) is 0 Å². The van der Waals surface area contributed by atoms with Crippen LogP contribution in [0.25, 0.3) is 0 Å². The minimum atomic E-state index is -0.827. The summed E-state index contributed by atoms with van der Waals surface area (Å²) in [5.41, 5.74) is 1.86. The van der Waals surface area contributed by atoms with Gasteiger partial charge in [-0.15, -0.1) is 0 Å². The summed E-state index contributed by atoms with van der Waals surface area (Å²) in [7, 11) is 0. The predicted octanol–water partition coefficient (Wildman–Crippen LogP) is 1.32. The molecule has 0 saturated heterocycles. The van der Waals surface area contributed by atoms with E-state index in [-0.39, 0.29) is 18.4 Å². The summed E-state index contributed by atoms with van der Waals surface area (Å²) in [4.78, 5) is 22.0. The van der Waals surface area contributed by atoms with Crippen LogP contribution in [0.3, 0.4) is 0 Å². The molecule has 110 valence electrons. The molecular formula is C15H22N2O3. The average Bonchev–Trinajstić information content (AvgIpc) is 2.35. The van der Waals surface area contributed by atoms with Crippen LogP contribution in [0.5, 0.6) is 0 Å². The molecule has 1 aromatic rings. The normalized spacial score (nSPS) is 10.6. The van der Waals surface area contributed by atoms with Gasteiger partial charge in [-0.1, -0.05) is 24.3 Å². The van der Waals surface area contributed by atoms with Crippen LogP contribution in [0, 0.1) is 0 Å². The van der Waals surface area contributed by atoms with Crippen LogP contribution in [0.2, 0.25) is 0 Å². The highest BCUT2D eigenvalue weighted by Crippen LogP contribution is 2.05. The molecule has 0 aliphatic carbocycles. The molecule has 0 atom stereocenters. The predicted molar refractivity (Wildman–Crippen MR) is 77.4 cm³/mol. The van der Waals surface area contributed by atoms with Crippen LogP contribution in [0.1, 0.15) is 31.4 Å². The minimum Gasteiger partial charge on any atom is -0.481 e. The van der Waals surface area contributed by atoms with E-state index >= 15 is 0 Å². The first-order chi connectivity index (χ1) is 9.47. The van der Waals surface area contributed by atoms with Gasteiger partial charge >= 0.3 is 5.97 Å². The van der Waals surface area contributed by atoms with Crippen molar-refractivity contribution in [2.24, 2.45) is 0 Å². The molecule has 0 aromatic heterocycles. The van der Waals surface area contributed by atoms with Crippen LogP contribution < -0.4 is 10.6 Å². The second kappa shape index (κ2) is 8.32. The topological polar surface area (TPSA) is 78.4 Å². The Morgan fingerprint density at radius 1 is 1.15 bits per heavy atom. The van der Waals surface area contributed by atoms with Crippen molar-refractivity contribution in [3.05, 3.63) is 35.4 Å². The Kier molecular flexibility index (Phi) is 6.73. The molecule has 5 nitrogen and oxygen atoms in total. The van der Waals surface area contributed by atoms with Gasteiger partial charge in [-0.05, 0) is 25.0 Å². The van der Waals surface area contributed by atoms with Crippen molar-refractivity contribution >= 4 is 11.9 Å². The van der Waals surface area contributed by atoms with E-state index in [1.165, 1.54) is 0 Å². The van der Waals surface area contributed by atoms with Gasteiger partial charge in [0.15, 0.2) is 0 Å². The van der Waals surface area contributed by atoms with Crippen molar-refractivity contribution in [1.82, 2.24) is 10.6 Å². The van der Waals surface area contributed by atoms with Crippen molar-refractivity contribution in [3.63, 3.8) is 0 Å². The summed E-state index contributed by atoms with van der Waals surface area (Å²) >= 11 is 0. The van der Waals surface area contributed by atoms with E-state index in [0.29, 0.717) is 19.5 Å². The van der Waals surface area contributed by atoms with Crippen LogP contribution in [-0.2, 0) is 22.6 Å². The number of amides is 1. The van der Waals surface area contributed by atoms with Gasteiger partial charge in [0, 0.05) is 25.6 Å². The van der Waals surface area contributed by atoms with Crippen LogP contribution in [0.4, 0.5) is 0 Å². The Hall–Kier alpha value is -1.88. The number of rotatable bonds is 8. The lowest BCUT2D eigenvalue weighted by Gasteiger charge is -2.09. The number of benzene rings is 1. The number of carbonyl (C=O) groups excluding carboxylic acids is 1. The minimum absolute atomic E-state index is 0.0447. The molecule has 0 aliphatic heterocycles. The second-order valence-electron chi connectivity index (χ2n) is 5.04. The highest BCUT2D eigenvalue weighted by Gasteiger charge is 2.03. The van der Waals surface area contributed by atoms with Crippen LogP contribution >= 0.6 is 0 Å².